The molecule has 0 spiro atoms. The topological polar surface area (TPSA) is 61.4 Å². The molecule has 0 saturated heterocycles. The number of hydrogen-bond acceptors (Lipinski definition) is 3. The van der Waals surface area contributed by atoms with E-state index >= 15 is 0 Å². The van der Waals surface area contributed by atoms with Gasteiger partial charge in [0, 0.05) is 21.8 Å². The SMILES string of the molecule is C[C@H](O)c1ccc(CCNC(=O)NC(C)(C)C)s1. The Morgan fingerprint density at radius 3 is 2.61 bits per heavy atom. The Morgan fingerprint density at radius 2 is 2.11 bits per heavy atom. The standard InChI is InChI=1S/C13H22N2O2S/c1-9(16)11-6-5-10(18-11)7-8-14-12(17)15-13(2,3)4/h5-6,9,16H,7-8H2,1-4H3,(H2,14,15,17)/t9-/m0/s1. The fraction of sp³-hybridized carbons (Fsp3) is 0.615. The van der Waals surface area contributed by atoms with Crippen molar-refractivity contribution in [1.29, 1.82) is 0 Å². The quantitative estimate of drug-likeness (QED) is 0.787. The summed E-state index contributed by atoms with van der Waals surface area (Å²) in [5, 5.41) is 15.1. The van der Waals surface area contributed by atoms with Crippen molar-refractivity contribution in [3.05, 3.63) is 21.9 Å². The van der Waals surface area contributed by atoms with Gasteiger partial charge in [-0.1, -0.05) is 0 Å². The third kappa shape index (κ3) is 5.51. The Hall–Kier alpha value is -1.07. The molecule has 5 heteroatoms. The lowest BCUT2D eigenvalue weighted by Crippen LogP contribution is -2.46. The Labute approximate surface area is 112 Å². The highest BCUT2D eigenvalue weighted by molar-refractivity contribution is 7.12. The molecular formula is C13H22N2O2S. The molecule has 3 N–H and O–H groups in total. The molecule has 1 heterocycles. The van der Waals surface area contributed by atoms with Crippen LogP contribution < -0.4 is 10.6 Å². The summed E-state index contributed by atoms with van der Waals surface area (Å²) >= 11 is 1.58. The minimum absolute atomic E-state index is 0.144. The Kier molecular flexibility index (Phi) is 5.16. The lowest BCUT2D eigenvalue weighted by Gasteiger charge is -2.20. The lowest BCUT2D eigenvalue weighted by atomic mass is 10.1. The Bertz CT molecular complexity index is 394. The summed E-state index contributed by atoms with van der Waals surface area (Å²) in [6, 6.07) is 3.78. The maximum Gasteiger partial charge on any atom is 0.315 e. The van der Waals surface area contributed by atoms with E-state index in [2.05, 4.69) is 10.6 Å². The van der Waals surface area contributed by atoms with E-state index in [-0.39, 0.29) is 11.6 Å². The van der Waals surface area contributed by atoms with Gasteiger partial charge in [0.2, 0.25) is 0 Å². The summed E-state index contributed by atoms with van der Waals surface area (Å²) in [6.07, 6.45) is 0.371. The fourth-order valence-corrected chi connectivity index (χ4v) is 2.39. The molecule has 1 rings (SSSR count). The third-order valence-corrected chi connectivity index (χ3v) is 3.55. The van der Waals surface area contributed by atoms with Crippen molar-refractivity contribution in [2.45, 2.75) is 45.8 Å². The van der Waals surface area contributed by atoms with Crippen molar-refractivity contribution < 1.29 is 9.90 Å². The maximum absolute atomic E-state index is 11.5. The molecule has 1 atom stereocenters. The van der Waals surface area contributed by atoms with Gasteiger partial charge in [-0.2, -0.15) is 0 Å². The highest BCUT2D eigenvalue weighted by Gasteiger charge is 2.13. The minimum atomic E-state index is -0.416. The first-order chi connectivity index (χ1) is 8.28. The summed E-state index contributed by atoms with van der Waals surface area (Å²) in [5.41, 5.74) is -0.216. The van der Waals surface area contributed by atoms with Gasteiger partial charge in [-0.3, -0.25) is 0 Å². The second kappa shape index (κ2) is 6.20. The van der Waals surface area contributed by atoms with E-state index in [9.17, 15) is 9.90 Å². The van der Waals surface area contributed by atoms with Crippen molar-refractivity contribution in [2.24, 2.45) is 0 Å². The number of nitrogens with one attached hydrogen (secondary N) is 2. The summed E-state index contributed by atoms with van der Waals surface area (Å²) in [5.74, 6) is 0. The predicted molar refractivity (Wildman–Crippen MR) is 74.9 cm³/mol. The molecule has 0 aromatic carbocycles. The molecule has 0 aliphatic rings. The van der Waals surface area contributed by atoms with Crippen LogP contribution in [0.25, 0.3) is 0 Å². The van der Waals surface area contributed by atoms with Crippen molar-refractivity contribution in [2.75, 3.05) is 6.54 Å². The van der Waals surface area contributed by atoms with E-state index in [1.807, 2.05) is 32.9 Å². The molecule has 0 radical (unpaired) electrons. The van der Waals surface area contributed by atoms with Crippen LogP contribution in [0.4, 0.5) is 4.79 Å². The van der Waals surface area contributed by atoms with E-state index in [4.69, 9.17) is 0 Å². The molecule has 18 heavy (non-hydrogen) atoms. The predicted octanol–water partition coefficient (Wildman–Crippen LogP) is 2.44. The molecule has 0 bridgehead atoms. The van der Waals surface area contributed by atoms with Crippen molar-refractivity contribution in [3.8, 4) is 0 Å². The van der Waals surface area contributed by atoms with Gasteiger partial charge < -0.3 is 15.7 Å². The number of amides is 2. The summed E-state index contributed by atoms with van der Waals surface area (Å²) < 4.78 is 0. The van der Waals surface area contributed by atoms with Crippen molar-refractivity contribution >= 4 is 17.4 Å². The molecule has 0 saturated carbocycles. The molecular weight excluding hydrogens is 248 g/mol. The number of thiophene rings is 1. The lowest BCUT2D eigenvalue weighted by molar-refractivity contribution is 0.203. The Morgan fingerprint density at radius 1 is 1.44 bits per heavy atom. The zero-order chi connectivity index (χ0) is 13.8. The molecule has 0 aliphatic carbocycles. The number of hydrogen-bond donors (Lipinski definition) is 3. The number of carbonyl (C=O) groups excluding carboxylic acids is 1. The van der Waals surface area contributed by atoms with Crippen LogP contribution in [0.5, 0.6) is 0 Å². The van der Waals surface area contributed by atoms with Crippen LogP contribution in [-0.2, 0) is 6.42 Å². The van der Waals surface area contributed by atoms with Crippen LogP contribution in [0.2, 0.25) is 0 Å². The van der Waals surface area contributed by atoms with Crippen LogP contribution >= 0.6 is 11.3 Å². The van der Waals surface area contributed by atoms with Crippen LogP contribution in [0, 0.1) is 0 Å². The van der Waals surface area contributed by atoms with E-state index in [1.54, 1.807) is 18.3 Å². The van der Waals surface area contributed by atoms with Crippen LogP contribution in [0.3, 0.4) is 0 Å². The van der Waals surface area contributed by atoms with Gasteiger partial charge in [0.25, 0.3) is 0 Å². The normalized spacial score (nSPS) is 13.2. The van der Waals surface area contributed by atoms with Crippen molar-refractivity contribution in [1.82, 2.24) is 10.6 Å². The van der Waals surface area contributed by atoms with Gasteiger partial charge in [-0.25, -0.2) is 4.79 Å². The Balaban J connectivity index is 2.31. The zero-order valence-electron chi connectivity index (χ0n) is 11.4. The molecule has 0 fully saturated rings. The summed E-state index contributed by atoms with van der Waals surface area (Å²) in [4.78, 5) is 13.6. The van der Waals surface area contributed by atoms with Gasteiger partial charge in [-0.15, -0.1) is 11.3 Å². The zero-order valence-corrected chi connectivity index (χ0v) is 12.2. The second-order valence-electron chi connectivity index (χ2n) is 5.36. The molecule has 102 valence electrons. The molecule has 4 nitrogen and oxygen atoms in total. The van der Waals surface area contributed by atoms with Gasteiger partial charge in [0.05, 0.1) is 6.10 Å². The number of rotatable bonds is 4. The highest BCUT2D eigenvalue weighted by Crippen LogP contribution is 2.22. The first kappa shape index (κ1) is 15.0. The van der Waals surface area contributed by atoms with Gasteiger partial charge in [-0.05, 0) is 46.2 Å². The second-order valence-corrected chi connectivity index (χ2v) is 6.56. The smallest absolute Gasteiger partial charge is 0.315 e. The van der Waals surface area contributed by atoms with Crippen LogP contribution in [0.15, 0.2) is 12.1 Å². The monoisotopic (exact) mass is 270 g/mol. The van der Waals surface area contributed by atoms with Crippen molar-refractivity contribution in [3.63, 3.8) is 0 Å². The summed E-state index contributed by atoms with van der Waals surface area (Å²) in [7, 11) is 0. The number of carbonyl (C=O) groups is 1. The molecule has 0 unspecified atom stereocenters. The molecule has 2 amide bonds. The molecule has 1 aromatic heterocycles. The van der Waals surface area contributed by atoms with Gasteiger partial charge in [0.1, 0.15) is 0 Å². The van der Waals surface area contributed by atoms with Gasteiger partial charge >= 0.3 is 6.03 Å². The largest absolute Gasteiger partial charge is 0.388 e. The third-order valence-electron chi connectivity index (χ3n) is 2.24. The van der Waals surface area contributed by atoms with Gasteiger partial charge in [0.15, 0.2) is 0 Å². The van der Waals surface area contributed by atoms with E-state index < -0.39 is 6.10 Å². The van der Waals surface area contributed by atoms with E-state index in [0.717, 1.165) is 11.3 Å². The van der Waals surface area contributed by atoms with Crippen LogP contribution in [-0.4, -0.2) is 23.2 Å². The minimum Gasteiger partial charge on any atom is -0.388 e. The molecule has 0 aliphatic heterocycles. The fourth-order valence-electron chi connectivity index (χ4n) is 1.44. The first-order valence-electron chi connectivity index (χ1n) is 6.10. The number of urea groups is 1. The van der Waals surface area contributed by atoms with E-state index in [1.165, 1.54) is 4.88 Å². The van der Waals surface area contributed by atoms with Crippen LogP contribution in [0.1, 0.15) is 43.6 Å². The maximum atomic E-state index is 11.5. The molecule has 1 aromatic rings. The number of aliphatic hydroxyl groups is 1. The first-order valence-corrected chi connectivity index (χ1v) is 6.92. The number of aliphatic hydroxyl groups excluding tert-OH is 1. The summed E-state index contributed by atoms with van der Waals surface area (Å²) in [6.45, 7) is 8.19. The average Bonchev–Trinajstić information content (AvgIpc) is 2.63. The van der Waals surface area contributed by atoms with E-state index in [0.29, 0.717) is 6.54 Å². The average molecular weight is 270 g/mol. The highest BCUT2D eigenvalue weighted by atomic mass is 32.1.